The van der Waals surface area contributed by atoms with Crippen molar-refractivity contribution in [2.45, 2.75) is 25.7 Å². The molecule has 0 aliphatic heterocycles. The van der Waals surface area contributed by atoms with Crippen LogP contribution in [0.2, 0.25) is 0 Å². The number of hydrogen-bond acceptors (Lipinski definition) is 4. The van der Waals surface area contributed by atoms with E-state index in [2.05, 4.69) is 4.72 Å². The van der Waals surface area contributed by atoms with Gasteiger partial charge in [0.25, 0.3) is 10.0 Å². The molecule has 2 rings (SSSR count). The summed E-state index contributed by atoms with van der Waals surface area (Å²) in [6.45, 7) is 5.19. The fraction of sp³-hybridized carbons (Fsp3) is 0.200. The van der Waals surface area contributed by atoms with Gasteiger partial charge in [0.2, 0.25) is 5.82 Å². The van der Waals surface area contributed by atoms with E-state index >= 15 is 0 Å². The molecule has 0 aromatic heterocycles. The Kier molecular flexibility index (Phi) is 4.37. The molecule has 2 aromatic rings. The third-order valence-electron chi connectivity index (χ3n) is 3.27. The monoisotopic (exact) mass is 338 g/mol. The zero-order valence-electron chi connectivity index (χ0n) is 12.8. The van der Waals surface area contributed by atoms with E-state index < -0.39 is 26.5 Å². The molecular weight excluding hydrogens is 323 g/mol. The summed E-state index contributed by atoms with van der Waals surface area (Å²) in [6.07, 6.45) is 0. The molecule has 23 heavy (non-hydrogen) atoms. The molecule has 8 heteroatoms. The van der Waals surface area contributed by atoms with Crippen LogP contribution in [0, 0.1) is 36.7 Å². The van der Waals surface area contributed by atoms with Crippen molar-refractivity contribution >= 4 is 21.4 Å². The van der Waals surface area contributed by atoms with E-state index in [4.69, 9.17) is 0 Å². The van der Waals surface area contributed by atoms with Gasteiger partial charge in [0, 0.05) is 6.07 Å². The lowest BCUT2D eigenvalue weighted by molar-refractivity contribution is -0.387. The minimum Gasteiger partial charge on any atom is -0.279 e. The number of hydrogen-bond donors (Lipinski definition) is 1. The summed E-state index contributed by atoms with van der Waals surface area (Å²) in [5.74, 6) is -1.03. The van der Waals surface area contributed by atoms with Crippen LogP contribution in [-0.4, -0.2) is 13.3 Å². The summed E-state index contributed by atoms with van der Waals surface area (Å²) in [7, 11) is -3.94. The molecule has 0 saturated heterocycles. The number of nitrogens with zero attached hydrogens (tertiary/aromatic N) is 1. The molecule has 0 radical (unpaired) electrons. The molecule has 0 saturated carbocycles. The third-order valence-corrected chi connectivity index (χ3v) is 4.95. The second-order valence-electron chi connectivity index (χ2n) is 5.26. The maximum Gasteiger partial charge on any atom is 0.306 e. The van der Waals surface area contributed by atoms with Crippen LogP contribution in [0.5, 0.6) is 0 Å². The van der Waals surface area contributed by atoms with Gasteiger partial charge >= 0.3 is 5.69 Å². The fourth-order valence-electron chi connectivity index (χ4n) is 2.51. The number of nitrogens with one attached hydrogen (secondary N) is 1. The van der Waals surface area contributed by atoms with Crippen LogP contribution in [-0.2, 0) is 10.0 Å². The van der Waals surface area contributed by atoms with Gasteiger partial charge in [-0.3, -0.25) is 14.8 Å². The molecule has 0 amide bonds. The highest BCUT2D eigenvalue weighted by molar-refractivity contribution is 7.92. The average molecular weight is 338 g/mol. The summed E-state index contributed by atoms with van der Waals surface area (Å²) >= 11 is 0. The van der Waals surface area contributed by atoms with Gasteiger partial charge in [-0.1, -0.05) is 17.7 Å². The van der Waals surface area contributed by atoms with Crippen LogP contribution in [0.3, 0.4) is 0 Å². The van der Waals surface area contributed by atoms with E-state index in [0.29, 0.717) is 11.1 Å². The lowest BCUT2D eigenvalue weighted by Crippen LogP contribution is -2.16. The van der Waals surface area contributed by atoms with E-state index in [9.17, 15) is 22.9 Å². The van der Waals surface area contributed by atoms with Gasteiger partial charge in [0.05, 0.1) is 15.5 Å². The Bertz CT molecular complexity index is 871. The van der Waals surface area contributed by atoms with Crippen molar-refractivity contribution in [1.82, 2.24) is 0 Å². The summed E-state index contributed by atoms with van der Waals surface area (Å²) in [5.41, 5.74) is 1.19. The summed E-state index contributed by atoms with van der Waals surface area (Å²) in [5, 5.41) is 10.7. The first-order valence-electron chi connectivity index (χ1n) is 6.66. The van der Waals surface area contributed by atoms with Gasteiger partial charge in [-0.25, -0.2) is 8.42 Å². The van der Waals surface area contributed by atoms with E-state index in [1.807, 2.05) is 6.92 Å². The van der Waals surface area contributed by atoms with Crippen molar-refractivity contribution in [3.63, 3.8) is 0 Å². The topological polar surface area (TPSA) is 89.3 Å². The second kappa shape index (κ2) is 5.96. The van der Waals surface area contributed by atoms with Crippen LogP contribution in [0.4, 0.5) is 15.8 Å². The molecule has 2 aromatic carbocycles. The van der Waals surface area contributed by atoms with Gasteiger partial charge in [0.1, 0.15) is 0 Å². The Morgan fingerprint density at radius 2 is 1.65 bits per heavy atom. The molecule has 0 atom stereocenters. The Morgan fingerprint density at radius 1 is 1.09 bits per heavy atom. The molecule has 0 unspecified atom stereocenters. The van der Waals surface area contributed by atoms with E-state index in [0.717, 1.165) is 23.8 Å². The number of nitro benzene ring substituents is 1. The van der Waals surface area contributed by atoms with Gasteiger partial charge < -0.3 is 0 Å². The second-order valence-corrected chi connectivity index (χ2v) is 6.88. The molecule has 0 aliphatic carbocycles. The number of aryl methyl sites for hydroxylation is 3. The van der Waals surface area contributed by atoms with Crippen LogP contribution >= 0.6 is 0 Å². The third kappa shape index (κ3) is 3.48. The molecule has 6 nitrogen and oxygen atoms in total. The predicted octanol–water partition coefficient (Wildman–Crippen LogP) is 3.46. The lowest BCUT2D eigenvalue weighted by atomic mass is 10.1. The molecule has 122 valence electrons. The summed E-state index contributed by atoms with van der Waals surface area (Å²) in [4.78, 5) is 9.94. The standard InChI is InChI=1S/C15H15FN2O4S/c1-9-6-10(2)15(11(3)7-9)23(21,22)17-12-4-5-13(16)14(8-12)18(19)20/h4-8,17H,1-3H3. The Morgan fingerprint density at radius 3 is 2.17 bits per heavy atom. The zero-order valence-corrected chi connectivity index (χ0v) is 13.6. The molecule has 0 aliphatic rings. The van der Waals surface area contributed by atoms with Crippen molar-refractivity contribution in [3.05, 3.63) is 63.0 Å². The maximum absolute atomic E-state index is 13.3. The van der Waals surface area contributed by atoms with E-state index in [1.165, 1.54) is 0 Å². The molecular formula is C15H15FN2O4S. The van der Waals surface area contributed by atoms with Crippen molar-refractivity contribution in [3.8, 4) is 0 Å². The number of rotatable bonds is 4. The van der Waals surface area contributed by atoms with Crippen LogP contribution in [0.25, 0.3) is 0 Å². The maximum atomic E-state index is 13.3. The largest absolute Gasteiger partial charge is 0.306 e. The first-order chi connectivity index (χ1) is 10.6. The Labute approximate surface area is 133 Å². The number of halogens is 1. The van der Waals surface area contributed by atoms with Crippen molar-refractivity contribution < 1.29 is 17.7 Å². The van der Waals surface area contributed by atoms with Crippen LogP contribution in [0.15, 0.2) is 35.2 Å². The van der Waals surface area contributed by atoms with Crippen LogP contribution < -0.4 is 4.72 Å². The average Bonchev–Trinajstić information content (AvgIpc) is 2.38. The highest BCUT2D eigenvalue weighted by Gasteiger charge is 2.22. The summed E-state index contributed by atoms with van der Waals surface area (Å²) < 4.78 is 40.7. The molecule has 0 fully saturated rings. The zero-order chi connectivity index (χ0) is 17.4. The fourth-order valence-corrected chi connectivity index (χ4v) is 4.02. The number of anilines is 1. The van der Waals surface area contributed by atoms with Gasteiger partial charge in [0.15, 0.2) is 0 Å². The predicted molar refractivity (Wildman–Crippen MR) is 84.5 cm³/mol. The number of nitro groups is 1. The number of benzene rings is 2. The molecule has 0 spiro atoms. The first kappa shape index (κ1) is 16.9. The molecule has 0 bridgehead atoms. The van der Waals surface area contributed by atoms with Gasteiger partial charge in [-0.05, 0) is 44.0 Å². The van der Waals surface area contributed by atoms with Crippen LogP contribution in [0.1, 0.15) is 16.7 Å². The van der Waals surface area contributed by atoms with E-state index in [1.54, 1.807) is 26.0 Å². The first-order valence-corrected chi connectivity index (χ1v) is 8.15. The summed E-state index contributed by atoms with van der Waals surface area (Å²) in [6, 6.07) is 6.30. The van der Waals surface area contributed by atoms with Crippen molar-refractivity contribution in [2.24, 2.45) is 0 Å². The van der Waals surface area contributed by atoms with Gasteiger partial charge in [-0.15, -0.1) is 0 Å². The Hall–Kier alpha value is -2.48. The van der Waals surface area contributed by atoms with Gasteiger partial charge in [-0.2, -0.15) is 4.39 Å². The molecule has 1 N–H and O–H groups in total. The highest BCUT2D eigenvalue weighted by atomic mass is 32.2. The Balaban J connectivity index is 2.48. The molecule has 0 heterocycles. The smallest absolute Gasteiger partial charge is 0.279 e. The highest BCUT2D eigenvalue weighted by Crippen LogP contribution is 2.27. The quantitative estimate of drug-likeness (QED) is 0.683. The number of sulfonamides is 1. The van der Waals surface area contributed by atoms with E-state index in [-0.39, 0.29) is 10.6 Å². The van der Waals surface area contributed by atoms with Crippen molar-refractivity contribution in [2.75, 3.05) is 4.72 Å². The van der Waals surface area contributed by atoms with Crippen molar-refractivity contribution in [1.29, 1.82) is 0 Å². The normalized spacial score (nSPS) is 11.3. The SMILES string of the molecule is Cc1cc(C)c(S(=O)(=O)Nc2ccc(F)c([N+](=O)[O-])c2)c(C)c1. The minimum atomic E-state index is -3.94. The lowest BCUT2D eigenvalue weighted by Gasteiger charge is -2.14. The minimum absolute atomic E-state index is 0.0718.